The maximum absolute atomic E-state index is 12.1. The Hall–Kier alpha value is -1.69. The summed E-state index contributed by atoms with van der Waals surface area (Å²) in [6.07, 6.45) is 5.04. The summed E-state index contributed by atoms with van der Waals surface area (Å²) in [5.41, 5.74) is 0. The van der Waals surface area contributed by atoms with Gasteiger partial charge in [0, 0.05) is 19.5 Å². The first kappa shape index (κ1) is 15.2. The summed E-state index contributed by atoms with van der Waals surface area (Å²) in [5.74, 6) is 1.88. The van der Waals surface area contributed by atoms with E-state index < -0.39 is 0 Å². The van der Waals surface area contributed by atoms with Crippen molar-refractivity contribution in [3.8, 4) is 0 Å². The van der Waals surface area contributed by atoms with Crippen molar-refractivity contribution in [2.45, 2.75) is 45.1 Å². The zero-order valence-electron chi connectivity index (χ0n) is 13.1. The van der Waals surface area contributed by atoms with Crippen LogP contribution in [0.15, 0.2) is 11.4 Å². The molecule has 1 aliphatic carbocycles. The number of hydrogen-bond donors (Lipinski definition) is 2. The second-order valence-electron chi connectivity index (χ2n) is 5.74. The van der Waals surface area contributed by atoms with Gasteiger partial charge < -0.3 is 10.6 Å². The van der Waals surface area contributed by atoms with Crippen molar-refractivity contribution in [2.75, 3.05) is 12.4 Å². The molecule has 1 aliphatic rings. The van der Waals surface area contributed by atoms with Crippen molar-refractivity contribution in [2.24, 2.45) is 5.92 Å². The van der Waals surface area contributed by atoms with Gasteiger partial charge in [0.2, 0.25) is 5.91 Å². The van der Waals surface area contributed by atoms with Crippen LogP contribution in [0.1, 0.15) is 38.4 Å². The first-order chi connectivity index (χ1) is 10.7. The van der Waals surface area contributed by atoms with Crippen LogP contribution in [0.3, 0.4) is 0 Å². The number of aromatic nitrogens is 2. The van der Waals surface area contributed by atoms with E-state index in [1.54, 1.807) is 18.4 Å². The quantitative estimate of drug-likeness (QED) is 0.909. The van der Waals surface area contributed by atoms with Crippen molar-refractivity contribution in [3.63, 3.8) is 0 Å². The monoisotopic (exact) mass is 318 g/mol. The second kappa shape index (κ2) is 6.60. The van der Waals surface area contributed by atoms with E-state index in [0.29, 0.717) is 0 Å². The molecule has 0 aliphatic heterocycles. The minimum absolute atomic E-state index is 0.0208. The molecule has 3 rings (SSSR count). The molecule has 0 spiro atoms. The highest BCUT2D eigenvalue weighted by molar-refractivity contribution is 7.16. The molecule has 0 aromatic carbocycles. The van der Waals surface area contributed by atoms with Crippen LogP contribution in [-0.4, -0.2) is 29.0 Å². The largest absolute Gasteiger partial charge is 0.366 e. The molecule has 118 valence electrons. The molecule has 2 heterocycles. The molecular weight excluding hydrogens is 296 g/mol. The molecule has 0 bridgehead atoms. The molecular formula is C16H22N4OS. The van der Waals surface area contributed by atoms with Crippen molar-refractivity contribution in [3.05, 3.63) is 17.3 Å². The number of amides is 1. The van der Waals surface area contributed by atoms with E-state index in [1.165, 1.54) is 0 Å². The second-order valence-corrected chi connectivity index (χ2v) is 6.63. The third-order valence-corrected chi connectivity index (χ3v) is 5.17. The molecule has 2 aromatic rings. The number of anilines is 1. The Bertz CT molecular complexity index is 669. The van der Waals surface area contributed by atoms with Gasteiger partial charge in [-0.25, -0.2) is 9.97 Å². The SMILES string of the molecule is CCc1nc(NC2CCCCC2C(=O)NC)c2ccsc2n1. The number of nitrogens with one attached hydrogen (secondary N) is 2. The summed E-state index contributed by atoms with van der Waals surface area (Å²) >= 11 is 1.63. The zero-order chi connectivity index (χ0) is 15.5. The molecule has 1 saturated carbocycles. The molecule has 2 atom stereocenters. The third-order valence-electron chi connectivity index (χ3n) is 4.36. The number of fused-ring (bicyclic) bond motifs is 1. The molecule has 2 aromatic heterocycles. The Morgan fingerprint density at radius 2 is 2.18 bits per heavy atom. The fourth-order valence-corrected chi connectivity index (χ4v) is 3.93. The van der Waals surface area contributed by atoms with E-state index >= 15 is 0 Å². The van der Waals surface area contributed by atoms with Crippen LogP contribution in [-0.2, 0) is 11.2 Å². The van der Waals surface area contributed by atoms with Crippen molar-refractivity contribution in [1.82, 2.24) is 15.3 Å². The molecule has 1 fully saturated rings. The van der Waals surface area contributed by atoms with Gasteiger partial charge in [0.25, 0.3) is 0 Å². The van der Waals surface area contributed by atoms with E-state index in [0.717, 1.165) is 54.0 Å². The molecule has 0 radical (unpaired) electrons. The topological polar surface area (TPSA) is 66.9 Å². The van der Waals surface area contributed by atoms with E-state index in [4.69, 9.17) is 0 Å². The Morgan fingerprint density at radius 3 is 2.95 bits per heavy atom. The average molecular weight is 318 g/mol. The molecule has 5 nitrogen and oxygen atoms in total. The number of carbonyl (C=O) groups excluding carboxylic acids is 1. The Kier molecular flexibility index (Phi) is 4.57. The Labute approximate surface area is 134 Å². The van der Waals surface area contributed by atoms with E-state index in [-0.39, 0.29) is 17.9 Å². The average Bonchev–Trinajstić information content (AvgIpc) is 3.03. The van der Waals surface area contributed by atoms with Crippen molar-refractivity contribution < 1.29 is 4.79 Å². The van der Waals surface area contributed by atoms with Crippen LogP contribution >= 0.6 is 11.3 Å². The zero-order valence-corrected chi connectivity index (χ0v) is 13.9. The number of nitrogens with zero attached hydrogens (tertiary/aromatic N) is 2. The summed E-state index contributed by atoms with van der Waals surface area (Å²) < 4.78 is 0. The number of carbonyl (C=O) groups is 1. The Balaban J connectivity index is 1.90. The predicted molar refractivity (Wildman–Crippen MR) is 90.2 cm³/mol. The summed E-state index contributed by atoms with van der Waals surface area (Å²) in [4.78, 5) is 22.4. The van der Waals surface area contributed by atoms with E-state index in [2.05, 4.69) is 33.6 Å². The number of hydrogen-bond acceptors (Lipinski definition) is 5. The predicted octanol–water partition coefficient (Wildman–Crippen LogP) is 2.97. The van der Waals surface area contributed by atoms with Gasteiger partial charge in [-0.2, -0.15) is 0 Å². The van der Waals surface area contributed by atoms with Crippen LogP contribution in [0.2, 0.25) is 0 Å². The maximum Gasteiger partial charge on any atom is 0.224 e. The smallest absolute Gasteiger partial charge is 0.224 e. The van der Waals surface area contributed by atoms with Gasteiger partial charge in [-0.05, 0) is 24.3 Å². The van der Waals surface area contributed by atoms with Crippen molar-refractivity contribution in [1.29, 1.82) is 0 Å². The number of aryl methyl sites for hydroxylation is 1. The minimum Gasteiger partial charge on any atom is -0.366 e. The lowest BCUT2D eigenvalue weighted by Crippen LogP contribution is -2.42. The minimum atomic E-state index is 0.0208. The van der Waals surface area contributed by atoms with E-state index in [9.17, 15) is 4.79 Å². The van der Waals surface area contributed by atoms with Gasteiger partial charge in [0.1, 0.15) is 16.5 Å². The Morgan fingerprint density at radius 1 is 1.36 bits per heavy atom. The van der Waals surface area contributed by atoms with E-state index in [1.807, 2.05) is 5.38 Å². The molecule has 1 amide bonds. The van der Waals surface area contributed by atoms with Crippen LogP contribution in [0.25, 0.3) is 10.2 Å². The lowest BCUT2D eigenvalue weighted by Gasteiger charge is -2.31. The van der Waals surface area contributed by atoms with Crippen LogP contribution in [0.4, 0.5) is 5.82 Å². The van der Waals surface area contributed by atoms with Crippen LogP contribution in [0, 0.1) is 5.92 Å². The highest BCUT2D eigenvalue weighted by Crippen LogP contribution is 2.31. The summed E-state index contributed by atoms with van der Waals surface area (Å²) in [7, 11) is 1.71. The van der Waals surface area contributed by atoms with Gasteiger partial charge in [0.15, 0.2) is 0 Å². The number of rotatable bonds is 4. The molecule has 6 heteroatoms. The fourth-order valence-electron chi connectivity index (χ4n) is 3.15. The normalized spacial score (nSPS) is 21.7. The first-order valence-electron chi connectivity index (χ1n) is 7.95. The summed E-state index contributed by atoms with van der Waals surface area (Å²) in [5, 5.41) is 9.44. The van der Waals surface area contributed by atoms with Gasteiger partial charge in [-0.15, -0.1) is 11.3 Å². The molecule has 0 saturated heterocycles. The van der Waals surface area contributed by atoms with Gasteiger partial charge in [0.05, 0.1) is 11.3 Å². The highest BCUT2D eigenvalue weighted by atomic mass is 32.1. The third kappa shape index (κ3) is 2.92. The van der Waals surface area contributed by atoms with Gasteiger partial charge in [-0.3, -0.25) is 4.79 Å². The summed E-state index contributed by atoms with van der Waals surface area (Å²) in [6.45, 7) is 2.06. The standard InChI is InChI=1S/C16H22N4OS/c1-3-13-19-14(11-8-9-22-16(11)20-13)18-12-7-5-4-6-10(12)15(21)17-2/h8-10,12H,3-7H2,1-2H3,(H,17,21)(H,18,19,20). The lowest BCUT2D eigenvalue weighted by atomic mass is 9.84. The highest BCUT2D eigenvalue weighted by Gasteiger charge is 2.31. The fraction of sp³-hybridized carbons (Fsp3) is 0.562. The molecule has 2 N–H and O–H groups in total. The maximum atomic E-state index is 12.1. The number of thiophene rings is 1. The van der Waals surface area contributed by atoms with Crippen LogP contribution in [0.5, 0.6) is 0 Å². The summed E-state index contributed by atoms with van der Waals surface area (Å²) in [6, 6.07) is 2.20. The van der Waals surface area contributed by atoms with Crippen molar-refractivity contribution >= 4 is 33.3 Å². The van der Waals surface area contributed by atoms with Gasteiger partial charge >= 0.3 is 0 Å². The first-order valence-corrected chi connectivity index (χ1v) is 8.83. The molecule has 2 unspecified atom stereocenters. The lowest BCUT2D eigenvalue weighted by molar-refractivity contribution is -0.125. The van der Waals surface area contributed by atoms with Gasteiger partial charge in [-0.1, -0.05) is 19.8 Å². The molecule has 22 heavy (non-hydrogen) atoms. The van der Waals surface area contributed by atoms with Crippen LogP contribution < -0.4 is 10.6 Å².